The molecule has 1 unspecified atom stereocenters. The number of rotatable bonds is 6. The molecule has 1 heterocycles. The van der Waals surface area contributed by atoms with Gasteiger partial charge in [-0.05, 0) is 13.3 Å². The molecule has 19 heavy (non-hydrogen) atoms. The molecule has 1 fully saturated rings. The molecule has 0 aromatic heterocycles. The molecule has 0 aromatic carbocycles. The summed E-state index contributed by atoms with van der Waals surface area (Å²) in [6.45, 7) is 3.06. The second-order valence-corrected chi connectivity index (χ2v) is 4.78. The molecule has 1 aliphatic rings. The maximum Gasteiger partial charge on any atom is 0.329 e. The lowest BCUT2D eigenvalue weighted by atomic mass is 9.90. The maximum absolute atomic E-state index is 11.8. The van der Waals surface area contributed by atoms with Crippen LogP contribution in [-0.2, 0) is 14.3 Å². The number of carboxylic acids is 1. The fourth-order valence-electron chi connectivity index (χ4n) is 1.96. The van der Waals surface area contributed by atoms with Gasteiger partial charge in [0.1, 0.15) is 5.54 Å². The average molecular weight is 274 g/mol. The Morgan fingerprint density at radius 3 is 2.58 bits per heavy atom. The van der Waals surface area contributed by atoms with Crippen LogP contribution >= 0.6 is 0 Å². The Balaban J connectivity index is 2.50. The van der Waals surface area contributed by atoms with Gasteiger partial charge in [0.05, 0.1) is 0 Å². The molecule has 0 spiro atoms. The number of aliphatic carboxylic acids is 1. The molecule has 0 aliphatic carbocycles. The van der Waals surface area contributed by atoms with Gasteiger partial charge in [0.2, 0.25) is 0 Å². The van der Waals surface area contributed by atoms with E-state index in [9.17, 15) is 14.7 Å². The van der Waals surface area contributed by atoms with Crippen molar-refractivity contribution in [2.45, 2.75) is 37.8 Å². The summed E-state index contributed by atoms with van der Waals surface area (Å²) in [7, 11) is 1.59. The van der Waals surface area contributed by atoms with E-state index in [1.54, 1.807) is 7.11 Å². The number of urea groups is 1. The Morgan fingerprint density at radius 1 is 1.42 bits per heavy atom. The fourth-order valence-corrected chi connectivity index (χ4v) is 1.96. The number of ether oxygens (including phenoxy) is 2. The summed E-state index contributed by atoms with van der Waals surface area (Å²) in [6.07, 6.45) is 1.23. The predicted octanol–water partition coefficient (Wildman–Crippen LogP) is 0.344. The molecule has 0 saturated carbocycles. The first-order chi connectivity index (χ1) is 9.00. The first kappa shape index (κ1) is 15.7. The second-order valence-electron chi connectivity index (χ2n) is 4.78. The van der Waals surface area contributed by atoms with Gasteiger partial charge < -0.3 is 25.2 Å². The van der Waals surface area contributed by atoms with Crippen LogP contribution in [0.3, 0.4) is 0 Å². The molecule has 110 valence electrons. The molecular formula is C12H22N2O5. The molecule has 0 aromatic rings. The van der Waals surface area contributed by atoms with Crippen molar-refractivity contribution >= 4 is 12.0 Å². The quantitative estimate of drug-likeness (QED) is 0.649. The molecule has 7 heteroatoms. The number of nitrogens with one attached hydrogen (secondary N) is 2. The van der Waals surface area contributed by atoms with Gasteiger partial charge in [-0.15, -0.1) is 0 Å². The zero-order chi connectivity index (χ0) is 14.3. The molecule has 1 saturated heterocycles. The summed E-state index contributed by atoms with van der Waals surface area (Å²) in [5.74, 6) is -1.02. The highest BCUT2D eigenvalue weighted by Gasteiger charge is 2.41. The van der Waals surface area contributed by atoms with Crippen molar-refractivity contribution in [2.75, 3.05) is 26.9 Å². The van der Waals surface area contributed by atoms with Gasteiger partial charge in [0.15, 0.2) is 0 Å². The number of methoxy groups -OCH3 is 1. The third-order valence-corrected chi connectivity index (χ3v) is 3.24. The lowest BCUT2D eigenvalue weighted by molar-refractivity contribution is -0.148. The van der Waals surface area contributed by atoms with Gasteiger partial charge in [-0.2, -0.15) is 0 Å². The van der Waals surface area contributed by atoms with E-state index in [4.69, 9.17) is 9.47 Å². The van der Waals surface area contributed by atoms with Gasteiger partial charge >= 0.3 is 12.0 Å². The van der Waals surface area contributed by atoms with Crippen LogP contribution in [0.2, 0.25) is 0 Å². The number of carboxylic acid groups (broad SMARTS) is 1. The maximum atomic E-state index is 11.8. The van der Waals surface area contributed by atoms with Gasteiger partial charge in [-0.1, -0.05) is 0 Å². The molecule has 3 N–H and O–H groups in total. The summed E-state index contributed by atoms with van der Waals surface area (Å²) in [5, 5.41) is 14.6. The highest BCUT2D eigenvalue weighted by Crippen LogP contribution is 2.20. The molecule has 1 aliphatic heterocycles. The standard InChI is InChI=1S/C12H22N2O5/c1-9(3-6-18-2)13-11(17)14-12(10(15)16)4-7-19-8-5-12/h9H,3-8H2,1-2H3,(H,15,16)(H2,13,14,17). The minimum Gasteiger partial charge on any atom is -0.480 e. The van der Waals surface area contributed by atoms with E-state index in [1.807, 2.05) is 6.92 Å². The van der Waals surface area contributed by atoms with Crippen LogP contribution in [0.4, 0.5) is 4.79 Å². The Morgan fingerprint density at radius 2 is 2.05 bits per heavy atom. The van der Waals surface area contributed by atoms with Crippen molar-refractivity contribution in [1.82, 2.24) is 10.6 Å². The van der Waals surface area contributed by atoms with E-state index in [0.29, 0.717) is 26.2 Å². The Labute approximate surface area is 112 Å². The minimum absolute atomic E-state index is 0.0781. The van der Waals surface area contributed by atoms with Crippen LogP contribution in [0.15, 0.2) is 0 Å². The van der Waals surface area contributed by atoms with Crippen LogP contribution in [0.25, 0.3) is 0 Å². The smallest absolute Gasteiger partial charge is 0.329 e. The van der Waals surface area contributed by atoms with Crippen LogP contribution < -0.4 is 10.6 Å². The first-order valence-electron chi connectivity index (χ1n) is 6.39. The lowest BCUT2D eigenvalue weighted by Crippen LogP contribution is -2.60. The highest BCUT2D eigenvalue weighted by atomic mass is 16.5. The number of carbonyl (C=O) groups is 2. The number of hydrogen-bond acceptors (Lipinski definition) is 4. The lowest BCUT2D eigenvalue weighted by Gasteiger charge is -2.34. The fraction of sp³-hybridized carbons (Fsp3) is 0.833. The predicted molar refractivity (Wildman–Crippen MR) is 68.0 cm³/mol. The zero-order valence-electron chi connectivity index (χ0n) is 11.4. The molecule has 0 radical (unpaired) electrons. The molecule has 0 bridgehead atoms. The number of amides is 2. The first-order valence-corrected chi connectivity index (χ1v) is 6.39. The molecule has 7 nitrogen and oxygen atoms in total. The monoisotopic (exact) mass is 274 g/mol. The summed E-state index contributed by atoms with van der Waals surface area (Å²) >= 11 is 0. The topological polar surface area (TPSA) is 96.9 Å². The van der Waals surface area contributed by atoms with Crippen LogP contribution in [0.1, 0.15) is 26.2 Å². The van der Waals surface area contributed by atoms with E-state index in [-0.39, 0.29) is 18.9 Å². The summed E-state index contributed by atoms with van der Waals surface area (Å²) < 4.78 is 10.1. The van der Waals surface area contributed by atoms with E-state index in [1.165, 1.54) is 0 Å². The second kappa shape index (κ2) is 7.30. The number of hydrogen-bond donors (Lipinski definition) is 3. The molecular weight excluding hydrogens is 252 g/mol. The van der Waals surface area contributed by atoms with Crippen LogP contribution in [0.5, 0.6) is 0 Å². The number of carbonyl (C=O) groups excluding carboxylic acids is 1. The van der Waals surface area contributed by atoms with Crippen LogP contribution in [-0.4, -0.2) is 55.6 Å². The van der Waals surface area contributed by atoms with E-state index in [0.717, 1.165) is 0 Å². The van der Waals surface area contributed by atoms with Crippen molar-refractivity contribution in [1.29, 1.82) is 0 Å². The Kier molecular flexibility index (Phi) is 6.04. The largest absolute Gasteiger partial charge is 0.480 e. The van der Waals surface area contributed by atoms with Gasteiger partial charge in [0.25, 0.3) is 0 Å². The zero-order valence-corrected chi connectivity index (χ0v) is 11.4. The third kappa shape index (κ3) is 4.68. The molecule has 2 amide bonds. The summed E-state index contributed by atoms with van der Waals surface area (Å²) in [6, 6.07) is -0.543. The van der Waals surface area contributed by atoms with Crippen molar-refractivity contribution in [3.05, 3.63) is 0 Å². The van der Waals surface area contributed by atoms with Crippen molar-refractivity contribution < 1.29 is 24.2 Å². The third-order valence-electron chi connectivity index (χ3n) is 3.24. The van der Waals surface area contributed by atoms with E-state index in [2.05, 4.69) is 10.6 Å². The minimum atomic E-state index is -1.22. The normalized spacial score (nSPS) is 19.5. The van der Waals surface area contributed by atoms with Gasteiger partial charge in [-0.3, -0.25) is 0 Å². The Bertz CT molecular complexity index is 315. The van der Waals surface area contributed by atoms with Crippen molar-refractivity contribution in [3.63, 3.8) is 0 Å². The van der Waals surface area contributed by atoms with Crippen molar-refractivity contribution in [3.8, 4) is 0 Å². The van der Waals surface area contributed by atoms with E-state index < -0.39 is 17.5 Å². The summed E-state index contributed by atoms with van der Waals surface area (Å²) in [5.41, 5.74) is -1.22. The molecule has 1 rings (SSSR count). The van der Waals surface area contributed by atoms with Crippen LogP contribution in [0, 0.1) is 0 Å². The average Bonchev–Trinajstić information content (AvgIpc) is 2.37. The van der Waals surface area contributed by atoms with Gasteiger partial charge in [0, 0.05) is 45.8 Å². The summed E-state index contributed by atoms with van der Waals surface area (Å²) in [4.78, 5) is 23.2. The SMILES string of the molecule is COCCC(C)NC(=O)NC1(C(=O)O)CCOCC1. The Hall–Kier alpha value is -1.34. The van der Waals surface area contributed by atoms with Gasteiger partial charge in [-0.25, -0.2) is 9.59 Å². The molecule has 1 atom stereocenters. The van der Waals surface area contributed by atoms with Crippen molar-refractivity contribution in [2.24, 2.45) is 0 Å². The van der Waals surface area contributed by atoms with E-state index >= 15 is 0 Å². The highest BCUT2D eigenvalue weighted by molar-refractivity contribution is 5.86.